The molecular formula is C16H13ClN2. The van der Waals surface area contributed by atoms with E-state index in [0.717, 1.165) is 17.0 Å². The fourth-order valence-electron chi connectivity index (χ4n) is 2.31. The predicted octanol–water partition coefficient (Wildman–Crippen LogP) is 3.89. The second-order valence-corrected chi connectivity index (χ2v) is 5.05. The summed E-state index contributed by atoms with van der Waals surface area (Å²) >= 11 is 5.92. The first-order valence-corrected chi connectivity index (χ1v) is 6.54. The molecule has 2 aromatic rings. The van der Waals surface area contributed by atoms with E-state index in [0.29, 0.717) is 0 Å². The van der Waals surface area contributed by atoms with Crippen LogP contribution in [-0.2, 0) is 12.0 Å². The van der Waals surface area contributed by atoms with Crippen LogP contribution in [0, 0.1) is 0 Å². The summed E-state index contributed by atoms with van der Waals surface area (Å²) < 4.78 is 0. The lowest BCUT2D eigenvalue weighted by molar-refractivity contribution is 0.627. The van der Waals surface area contributed by atoms with E-state index in [-0.39, 0.29) is 5.54 Å². The first-order chi connectivity index (χ1) is 9.28. The highest BCUT2D eigenvalue weighted by Crippen LogP contribution is 2.30. The fourth-order valence-corrected chi connectivity index (χ4v) is 2.43. The molecule has 0 amide bonds. The average Bonchev–Trinajstić information content (AvgIpc) is 2.92. The van der Waals surface area contributed by atoms with Crippen molar-refractivity contribution in [3.63, 3.8) is 0 Å². The van der Waals surface area contributed by atoms with Gasteiger partial charge < -0.3 is 0 Å². The molecule has 0 bridgehead atoms. The van der Waals surface area contributed by atoms with Crippen LogP contribution in [0.5, 0.6) is 0 Å². The van der Waals surface area contributed by atoms with Gasteiger partial charge in [-0.3, -0.25) is 4.99 Å². The van der Waals surface area contributed by atoms with E-state index in [2.05, 4.69) is 22.1 Å². The van der Waals surface area contributed by atoms with E-state index in [1.54, 1.807) is 6.34 Å². The quantitative estimate of drug-likeness (QED) is 0.807. The van der Waals surface area contributed by atoms with Gasteiger partial charge in [0.2, 0.25) is 0 Å². The number of halogens is 1. The van der Waals surface area contributed by atoms with E-state index >= 15 is 0 Å². The second-order valence-electron chi connectivity index (χ2n) is 4.62. The van der Waals surface area contributed by atoms with Crippen molar-refractivity contribution >= 4 is 24.2 Å². The normalized spacial score (nSPS) is 20.9. The molecular weight excluding hydrogens is 256 g/mol. The molecule has 0 saturated carbocycles. The van der Waals surface area contributed by atoms with Gasteiger partial charge in [-0.2, -0.15) is 0 Å². The van der Waals surface area contributed by atoms with Gasteiger partial charge in [0.25, 0.3) is 0 Å². The summed E-state index contributed by atoms with van der Waals surface area (Å²) in [5.41, 5.74) is 1.97. The van der Waals surface area contributed by atoms with Crippen LogP contribution < -0.4 is 0 Å². The Hall–Kier alpha value is -1.93. The molecule has 94 valence electrons. The minimum absolute atomic E-state index is 0.380. The van der Waals surface area contributed by atoms with Gasteiger partial charge >= 0.3 is 0 Å². The van der Waals surface area contributed by atoms with Gasteiger partial charge in [-0.1, -0.05) is 54.1 Å². The van der Waals surface area contributed by atoms with Crippen LogP contribution >= 0.6 is 11.6 Å². The molecule has 3 heteroatoms. The lowest BCUT2D eigenvalue weighted by atomic mass is 9.86. The second kappa shape index (κ2) is 4.98. The Morgan fingerprint density at radius 3 is 2.32 bits per heavy atom. The Bertz CT molecular complexity index is 603. The third-order valence-electron chi connectivity index (χ3n) is 3.30. The maximum atomic E-state index is 5.92. The van der Waals surface area contributed by atoms with Crippen LogP contribution in [0.15, 0.2) is 64.6 Å². The van der Waals surface area contributed by atoms with E-state index in [1.807, 2.05) is 48.7 Å². The number of hydrogen-bond acceptors (Lipinski definition) is 2. The van der Waals surface area contributed by atoms with Gasteiger partial charge in [0.1, 0.15) is 11.9 Å². The number of benzene rings is 2. The van der Waals surface area contributed by atoms with Crippen molar-refractivity contribution in [1.82, 2.24) is 0 Å². The van der Waals surface area contributed by atoms with Gasteiger partial charge in [0, 0.05) is 17.7 Å². The first kappa shape index (κ1) is 12.1. The minimum Gasteiger partial charge on any atom is -0.256 e. The van der Waals surface area contributed by atoms with Crippen LogP contribution in [0.3, 0.4) is 0 Å². The molecule has 0 saturated heterocycles. The Balaban J connectivity index is 1.96. The van der Waals surface area contributed by atoms with Crippen LogP contribution in [0.2, 0.25) is 5.02 Å². The molecule has 0 aromatic heterocycles. The van der Waals surface area contributed by atoms with Crippen molar-refractivity contribution in [3.05, 3.63) is 70.7 Å². The summed E-state index contributed by atoms with van der Waals surface area (Å²) in [6.07, 6.45) is 4.33. The van der Waals surface area contributed by atoms with Gasteiger partial charge in [0.05, 0.1) is 0 Å². The molecule has 1 atom stereocenters. The average molecular weight is 269 g/mol. The van der Waals surface area contributed by atoms with Crippen molar-refractivity contribution < 1.29 is 0 Å². The third kappa shape index (κ3) is 2.45. The lowest BCUT2D eigenvalue weighted by Gasteiger charge is -2.23. The zero-order valence-corrected chi connectivity index (χ0v) is 11.1. The van der Waals surface area contributed by atoms with Crippen LogP contribution in [-0.4, -0.2) is 12.6 Å². The summed E-state index contributed by atoms with van der Waals surface area (Å²) in [5.74, 6) is 0. The lowest BCUT2D eigenvalue weighted by Crippen LogP contribution is -2.26. The third-order valence-corrected chi connectivity index (χ3v) is 3.56. The van der Waals surface area contributed by atoms with Crippen molar-refractivity contribution in [2.45, 2.75) is 12.0 Å². The Morgan fingerprint density at radius 1 is 0.947 bits per heavy atom. The summed E-state index contributed by atoms with van der Waals surface area (Å²) in [7, 11) is 0. The van der Waals surface area contributed by atoms with Crippen LogP contribution in [0.4, 0.5) is 0 Å². The maximum absolute atomic E-state index is 5.92. The summed E-state index contributed by atoms with van der Waals surface area (Å²) in [6, 6.07) is 18.1. The highest BCUT2D eigenvalue weighted by molar-refractivity contribution is 6.30. The number of nitrogens with zero attached hydrogens (tertiary/aromatic N) is 2. The molecule has 2 aromatic carbocycles. The molecule has 1 heterocycles. The largest absolute Gasteiger partial charge is 0.256 e. The SMILES string of the molecule is Clc1ccc(CC2(c3ccccc3)C=NC=N2)cc1. The molecule has 1 aliphatic rings. The Labute approximate surface area is 117 Å². The van der Waals surface area contributed by atoms with E-state index in [9.17, 15) is 0 Å². The van der Waals surface area contributed by atoms with Crippen molar-refractivity contribution in [2.24, 2.45) is 9.98 Å². The van der Waals surface area contributed by atoms with Crippen LogP contribution in [0.1, 0.15) is 11.1 Å². The fraction of sp³-hybridized carbons (Fsp3) is 0.125. The van der Waals surface area contributed by atoms with Crippen molar-refractivity contribution in [3.8, 4) is 0 Å². The van der Waals surface area contributed by atoms with Crippen LogP contribution in [0.25, 0.3) is 0 Å². The number of hydrogen-bond donors (Lipinski definition) is 0. The van der Waals surface area contributed by atoms with E-state index in [1.165, 1.54) is 5.56 Å². The van der Waals surface area contributed by atoms with Gasteiger partial charge in [0.15, 0.2) is 0 Å². The summed E-state index contributed by atoms with van der Waals surface area (Å²) in [6.45, 7) is 0. The topological polar surface area (TPSA) is 24.7 Å². The Morgan fingerprint density at radius 2 is 1.68 bits per heavy atom. The molecule has 19 heavy (non-hydrogen) atoms. The smallest absolute Gasteiger partial charge is 0.126 e. The molecule has 1 unspecified atom stereocenters. The standard InChI is InChI=1S/C16H13ClN2/c17-15-8-6-13(7-9-15)10-16(11-18-12-19-16)14-4-2-1-3-5-14/h1-9,11-12H,10H2. The zero-order chi connectivity index (χ0) is 13.1. The summed E-state index contributed by atoms with van der Waals surface area (Å²) in [5, 5.41) is 0.751. The predicted molar refractivity (Wildman–Crippen MR) is 80.3 cm³/mol. The molecule has 2 nitrogen and oxygen atoms in total. The number of rotatable bonds is 3. The molecule has 1 aliphatic heterocycles. The van der Waals surface area contributed by atoms with Gasteiger partial charge in [-0.05, 0) is 23.3 Å². The molecule has 0 radical (unpaired) electrons. The highest BCUT2D eigenvalue weighted by Gasteiger charge is 2.31. The van der Waals surface area contributed by atoms with E-state index in [4.69, 9.17) is 11.6 Å². The minimum atomic E-state index is -0.380. The molecule has 0 N–H and O–H groups in total. The molecule has 3 rings (SSSR count). The monoisotopic (exact) mass is 268 g/mol. The van der Waals surface area contributed by atoms with Gasteiger partial charge in [-0.15, -0.1) is 0 Å². The highest BCUT2D eigenvalue weighted by atomic mass is 35.5. The maximum Gasteiger partial charge on any atom is 0.126 e. The zero-order valence-electron chi connectivity index (χ0n) is 10.3. The van der Waals surface area contributed by atoms with Gasteiger partial charge in [-0.25, -0.2) is 4.99 Å². The molecule has 0 aliphatic carbocycles. The van der Waals surface area contributed by atoms with Crippen molar-refractivity contribution in [1.29, 1.82) is 0 Å². The molecule has 0 fully saturated rings. The van der Waals surface area contributed by atoms with Crippen molar-refractivity contribution in [2.75, 3.05) is 0 Å². The number of aliphatic imine (C=N–C) groups is 2. The first-order valence-electron chi connectivity index (χ1n) is 6.17. The molecule has 0 spiro atoms. The Kier molecular flexibility index (Phi) is 3.18. The van der Waals surface area contributed by atoms with E-state index < -0.39 is 0 Å². The summed E-state index contributed by atoms with van der Waals surface area (Å²) in [4.78, 5) is 8.76.